The molecule has 1 fully saturated rings. The maximum absolute atomic E-state index is 9.93. The van der Waals surface area contributed by atoms with Crippen LogP contribution in [0.3, 0.4) is 0 Å². The smallest absolute Gasteiger partial charge is 0.111 e. The van der Waals surface area contributed by atoms with E-state index in [2.05, 4.69) is 0 Å². The standard InChI is InChI=1S/C9H11ClO3S/c10-9-6(1-4-14-9)8(11)7-5-12-2-3-13-7/h1,4,7-8,11H,2-3,5H2. The minimum absolute atomic E-state index is 0.296. The SMILES string of the molecule is OC(c1ccsc1Cl)C1COCCO1. The molecule has 2 atom stereocenters. The lowest BCUT2D eigenvalue weighted by Gasteiger charge is -2.26. The van der Waals surface area contributed by atoms with Crippen LogP contribution in [0.25, 0.3) is 0 Å². The largest absolute Gasteiger partial charge is 0.386 e. The van der Waals surface area contributed by atoms with Crippen LogP contribution in [0.2, 0.25) is 4.34 Å². The number of hydrogen-bond donors (Lipinski definition) is 1. The predicted octanol–water partition coefficient (Wildman–Crippen LogP) is 1.85. The number of aliphatic hydroxyl groups excluding tert-OH is 1. The molecule has 0 saturated carbocycles. The topological polar surface area (TPSA) is 38.7 Å². The van der Waals surface area contributed by atoms with E-state index in [-0.39, 0.29) is 6.10 Å². The van der Waals surface area contributed by atoms with Gasteiger partial charge in [0.1, 0.15) is 12.2 Å². The van der Waals surface area contributed by atoms with E-state index in [0.717, 1.165) is 5.56 Å². The summed E-state index contributed by atoms with van der Waals surface area (Å²) in [5.41, 5.74) is 0.729. The lowest BCUT2D eigenvalue weighted by Crippen LogP contribution is -2.33. The fourth-order valence-corrected chi connectivity index (χ4v) is 2.39. The van der Waals surface area contributed by atoms with Crippen molar-refractivity contribution < 1.29 is 14.6 Å². The molecule has 1 N–H and O–H groups in total. The lowest BCUT2D eigenvalue weighted by molar-refractivity contribution is -0.133. The molecule has 1 aromatic heterocycles. The molecule has 1 aliphatic rings. The van der Waals surface area contributed by atoms with E-state index < -0.39 is 6.10 Å². The van der Waals surface area contributed by atoms with Crippen molar-refractivity contribution in [3.63, 3.8) is 0 Å². The molecule has 1 saturated heterocycles. The highest BCUT2D eigenvalue weighted by Gasteiger charge is 2.26. The second-order valence-electron chi connectivity index (χ2n) is 3.08. The Balaban J connectivity index is 2.07. The monoisotopic (exact) mass is 234 g/mol. The second-order valence-corrected chi connectivity index (χ2v) is 4.60. The normalized spacial score (nSPS) is 24.9. The van der Waals surface area contributed by atoms with Gasteiger partial charge in [0.2, 0.25) is 0 Å². The van der Waals surface area contributed by atoms with Gasteiger partial charge in [-0.05, 0) is 11.4 Å². The Hall–Kier alpha value is -0.130. The maximum Gasteiger partial charge on any atom is 0.111 e. The van der Waals surface area contributed by atoms with Crippen LogP contribution in [0, 0.1) is 0 Å². The van der Waals surface area contributed by atoms with Crippen molar-refractivity contribution in [3.8, 4) is 0 Å². The fraction of sp³-hybridized carbons (Fsp3) is 0.556. The Morgan fingerprint density at radius 1 is 1.57 bits per heavy atom. The summed E-state index contributed by atoms with van der Waals surface area (Å²) in [6, 6.07) is 1.82. The van der Waals surface area contributed by atoms with E-state index in [1.165, 1.54) is 11.3 Å². The van der Waals surface area contributed by atoms with Crippen LogP contribution >= 0.6 is 22.9 Å². The highest BCUT2D eigenvalue weighted by molar-refractivity contribution is 7.14. The van der Waals surface area contributed by atoms with Crippen LogP contribution in [0.4, 0.5) is 0 Å². The zero-order chi connectivity index (χ0) is 9.97. The summed E-state index contributed by atoms with van der Waals surface area (Å²) in [4.78, 5) is 0. The van der Waals surface area contributed by atoms with Crippen molar-refractivity contribution in [3.05, 3.63) is 21.3 Å². The van der Waals surface area contributed by atoms with Crippen molar-refractivity contribution in [2.45, 2.75) is 12.2 Å². The third kappa shape index (κ3) is 2.10. The Morgan fingerprint density at radius 2 is 2.43 bits per heavy atom. The van der Waals surface area contributed by atoms with Crippen LogP contribution in [-0.4, -0.2) is 31.0 Å². The van der Waals surface area contributed by atoms with E-state index in [9.17, 15) is 5.11 Å². The number of hydrogen-bond acceptors (Lipinski definition) is 4. The zero-order valence-corrected chi connectivity index (χ0v) is 9.05. The van der Waals surface area contributed by atoms with Crippen LogP contribution in [0.5, 0.6) is 0 Å². The van der Waals surface area contributed by atoms with Gasteiger partial charge in [-0.25, -0.2) is 0 Å². The first kappa shape index (κ1) is 10.4. The molecular weight excluding hydrogens is 224 g/mol. The van der Waals surface area contributed by atoms with E-state index >= 15 is 0 Å². The lowest BCUT2D eigenvalue weighted by atomic mass is 10.1. The van der Waals surface area contributed by atoms with Gasteiger partial charge in [-0.1, -0.05) is 11.6 Å². The molecule has 5 heteroatoms. The summed E-state index contributed by atoms with van der Waals surface area (Å²) in [5, 5.41) is 11.8. The van der Waals surface area contributed by atoms with Crippen LogP contribution in [-0.2, 0) is 9.47 Å². The molecule has 14 heavy (non-hydrogen) atoms. The second kappa shape index (κ2) is 4.59. The first-order valence-corrected chi connectivity index (χ1v) is 5.65. The van der Waals surface area contributed by atoms with Crippen molar-refractivity contribution in [1.82, 2.24) is 0 Å². The third-order valence-electron chi connectivity index (χ3n) is 2.16. The first-order valence-electron chi connectivity index (χ1n) is 4.39. The van der Waals surface area contributed by atoms with Crippen LogP contribution in [0.1, 0.15) is 11.7 Å². The zero-order valence-electron chi connectivity index (χ0n) is 7.48. The van der Waals surface area contributed by atoms with Gasteiger partial charge in [0.25, 0.3) is 0 Å². The predicted molar refractivity (Wildman–Crippen MR) is 54.8 cm³/mol. The van der Waals surface area contributed by atoms with Gasteiger partial charge in [-0.2, -0.15) is 0 Å². The Labute approximate surface area is 91.2 Å². The summed E-state index contributed by atoms with van der Waals surface area (Å²) in [6.45, 7) is 1.55. The molecule has 2 unspecified atom stereocenters. The quantitative estimate of drug-likeness (QED) is 0.849. The van der Waals surface area contributed by atoms with Gasteiger partial charge in [0.05, 0.1) is 24.2 Å². The third-order valence-corrected chi connectivity index (χ3v) is 3.36. The minimum atomic E-state index is -0.686. The highest BCUT2D eigenvalue weighted by atomic mass is 35.5. The molecule has 0 amide bonds. The Bertz CT molecular complexity index is 296. The molecule has 0 aromatic carbocycles. The Morgan fingerprint density at radius 3 is 3.00 bits per heavy atom. The number of aliphatic hydroxyl groups is 1. The van der Waals surface area contributed by atoms with Crippen molar-refractivity contribution in [1.29, 1.82) is 0 Å². The van der Waals surface area contributed by atoms with Crippen LogP contribution in [0.15, 0.2) is 11.4 Å². The molecule has 0 aliphatic carbocycles. The Kier molecular flexibility index (Phi) is 3.41. The molecule has 3 nitrogen and oxygen atoms in total. The van der Waals surface area contributed by atoms with Gasteiger partial charge in [-0.15, -0.1) is 11.3 Å². The van der Waals surface area contributed by atoms with Crippen LogP contribution < -0.4 is 0 Å². The van der Waals surface area contributed by atoms with Gasteiger partial charge in [0.15, 0.2) is 0 Å². The number of rotatable bonds is 2. The average Bonchev–Trinajstić information content (AvgIpc) is 2.65. The van der Waals surface area contributed by atoms with Crippen molar-refractivity contribution in [2.24, 2.45) is 0 Å². The molecule has 78 valence electrons. The van der Waals surface area contributed by atoms with E-state index in [0.29, 0.717) is 24.2 Å². The van der Waals surface area contributed by atoms with Gasteiger partial charge in [0, 0.05) is 5.56 Å². The van der Waals surface area contributed by atoms with Gasteiger partial charge >= 0.3 is 0 Å². The number of halogens is 1. The molecule has 0 radical (unpaired) electrons. The molecular formula is C9H11ClO3S. The molecule has 1 aromatic rings. The summed E-state index contributed by atoms with van der Waals surface area (Å²) < 4.78 is 11.2. The van der Waals surface area contributed by atoms with Crippen molar-refractivity contribution >= 4 is 22.9 Å². The number of thiophene rings is 1. The summed E-state index contributed by atoms with van der Waals surface area (Å²) in [5.74, 6) is 0. The van der Waals surface area contributed by atoms with E-state index in [1.807, 2.05) is 11.4 Å². The average molecular weight is 235 g/mol. The van der Waals surface area contributed by atoms with Crippen molar-refractivity contribution in [2.75, 3.05) is 19.8 Å². The van der Waals surface area contributed by atoms with E-state index in [4.69, 9.17) is 21.1 Å². The number of ether oxygens (including phenoxy) is 2. The maximum atomic E-state index is 9.93. The minimum Gasteiger partial charge on any atom is -0.386 e. The molecule has 2 rings (SSSR count). The highest BCUT2D eigenvalue weighted by Crippen LogP contribution is 2.31. The van der Waals surface area contributed by atoms with E-state index in [1.54, 1.807) is 0 Å². The molecule has 1 aliphatic heterocycles. The van der Waals surface area contributed by atoms with Gasteiger partial charge < -0.3 is 14.6 Å². The summed E-state index contributed by atoms with van der Waals surface area (Å²) >= 11 is 7.32. The molecule has 0 spiro atoms. The van der Waals surface area contributed by atoms with Gasteiger partial charge in [-0.3, -0.25) is 0 Å². The fourth-order valence-electron chi connectivity index (χ4n) is 1.40. The first-order chi connectivity index (χ1) is 6.79. The molecule has 0 bridgehead atoms. The summed E-state index contributed by atoms with van der Waals surface area (Å²) in [6.07, 6.45) is -0.982. The molecule has 2 heterocycles. The summed E-state index contributed by atoms with van der Waals surface area (Å²) in [7, 11) is 0.